The summed E-state index contributed by atoms with van der Waals surface area (Å²) in [6.07, 6.45) is 6.33. The minimum Gasteiger partial charge on any atom is -0.360 e. The molecule has 1 aromatic heterocycles. The van der Waals surface area contributed by atoms with Crippen molar-refractivity contribution in [2.75, 3.05) is 5.32 Å². The van der Waals surface area contributed by atoms with Crippen LogP contribution in [0.15, 0.2) is 18.2 Å². The highest BCUT2D eigenvalue weighted by molar-refractivity contribution is 7.80. The van der Waals surface area contributed by atoms with Crippen LogP contribution in [0.1, 0.15) is 32.1 Å². The lowest BCUT2D eigenvalue weighted by Gasteiger charge is -2.24. The van der Waals surface area contributed by atoms with E-state index in [1.165, 1.54) is 32.1 Å². The summed E-state index contributed by atoms with van der Waals surface area (Å²) in [5.74, 6) is 0. The molecular weight excluding hydrogens is 292 g/mol. The van der Waals surface area contributed by atoms with Crippen molar-refractivity contribution in [1.82, 2.24) is 15.3 Å². The maximum atomic E-state index is 5.84. The van der Waals surface area contributed by atoms with E-state index in [1.807, 2.05) is 18.2 Å². The van der Waals surface area contributed by atoms with Gasteiger partial charge < -0.3 is 15.6 Å². The van der Waals surface area contributed by atoms with Crippen molar-refractivity contribution in [3.05, 3.63) is 23.5 Å². The van der Waals surface area contributed by atoms with E-state index >= 15 is 0 Å². The molecule has 0 radical (unpaired) electrons. The van der Waals surface area contributed by atoms with Crippen LogP contribution in [0.5, 0.6) is 0 Å². The number of H-pyrrole nitrogens is 1. The summed E-state index contributed by atoms with van der Waals surface area (Å²) < 4.78 is 0. The van der Waals surface area contributed by atoms with Crippen molar-refractivity contribution in [1.29, 1.82) is 0 Å². The average Bonchev–Trinajstić information content (AvgIpc) is 2.79. The van der Waals surface area contributed by atoms with Crippen molar-refractivity contribution in [3.63, 3.8) is 0 Å². The summed E-state index contributed by atoms with van der Waals surface area (Å²) in [4.78, 5) is 7.16. The van der Waals surface area contributed by atoms with Gasteiger partial charge in [0.2, 0.25) is 5.28 Å². The Kier molecular flexibility index (Phi) is 4.08. The van der Waals surface area contributed by atoms with E-state index in [2.05, 4.69) is 20.6 Å². The number of nitrogens with zero attached hydrogens (tertiary/aromatic N) is 1. The predicted molar refractivity (Wildman–Crippen MR) is 87.3 cm³/mol. The van der Waals surface area contributed by atoms with E-state index in [0.717, 1.165) is 16.7 Å². The predicted octanol–water partition coefficient (Wildman–Crippen LogP) is 3.84. The number of anilines is 1. The van der Waals surface area contributed by atoms with Gasteiger partial charge in [0.25, 0.3) is 0 Å². The first-order chi connectivity index (χ1) is 9.70. The Morgan fingerprint density at radius 3 is 2.90 bits per heavy atom. The van der Waals surface area contributed by atoms with Gasteiger partial charge in [-0.15, -0.1) is 0 Å². The molecule has 0 spiro atoms. The Morgan fingerprint density at radius 2 is 2.10 bits per heavy atom. The first kappa shape index (κ1) is 13.6. The van der Waals surface area contributed by atoms with E-state index in [1.54, 1.807) is 0 Å². The van der Waals surface area contributed by atoms with E-state index in [9.17, 15) is 0 Å². The second-order valence-electron chi connectivity index (χ2n) is 5.19. The van der Waals surface area contributed by atoms with Crippen molar-refractivity contribution in [2.45, 2.75) is 38.1 Å². The minimum atomic E-state index is 0.403. The van der Waals surface area contributed by atoms with Gasteiger partial charge in [-0.25, -0.2) is 4.98 Å². The van der Waals surface area contributed by atoms with Gasteiger partial charge in [0.15, 0.2) is 5.11 Å². The number of hydrogen-bond donors (Lipinski definition) is 3. The SMILES string of the molecule is S=C(Nc1ccc2nc(Cl)[nH]c2c1)NC1CCCCC1. The fourth-order valence-corrected chi connectivity index (χ4v) is 3.13. The molecule has 2 aromatic rings. The summed E-state index contributed by atoms with van der Waals surface area (Å²) >= 11 is 11.2. The number of nitrogens with one attached hydrogen (secondary N) is 3. The van der Waals surface area contributed by atoms with Gasteiger partial charge in [-0.3, -0.25) is 0 Å². The lowest BCUT2D eigenvalue weighted by atomic mass is 9.96. The molecule has 0 amide bonds. The number of aromatic nitrogens is 2. The third-order valence-corrected chi connectivity index (χ3v) is 4.05. The molecule has 1 aromatic carbocycles. The molecule has 0 unspecified atom stereocenters. The standard InChI is InChI=1S/C14H17ClN4S/c15-13-18-11-7-6-10(8-12(11)19-13)17-14(20)16-9-4-2-1-3-5-9/h6-9H,1-5H2,(H,18,19)(H2,16,17,20). The molecule has 3 rings (SSSR count). The molecule has 0 bridgehead atoms. The quantitative estimate of drug-likeness (QED) is 0.738. The van der Waals surface area contributed by atoms with Crippen LogP contribution in [0.2, 0.25) is 5.28 Å². The summed E-state index contributed by atoms with van der Waals surface area (Å²) in [5, 5.41) is 7.69. The molecule has 1 fully saturated rings. The number of benzene rings is 1. The largest absolute Gasteiger partial charge is 0.360 e. The molecule has 6 heteroatoms. The molecule has 0 saturated heterocycles. The number of fused-ring (bicyclic) bond motifs is 1. The maximum Gasteiger partial charge on any atom is 0.201 e. The zero-order valence-corrected chi connectivity index (χ0v) is 12.7. The molecule has 1 aliphatic carbocycles. The van der Waals surface area contributed by atoms with Crippen LogP contribution in [-0.2, 0) is 0 Å². The topological polar surface area (TPSA) is 52.7 Å². The first-order valence-electron chi connectivity index (χ1n) is 6.93. The lowest BCUT2D eigenvalue weighted by Crippen LogP contribution is -2.38. The van der Waals surface area contributed by atoms with Crippen molar-refractivity contribution in [2.24, 2.45) is 0 Å². The minimum absolute atomic E-state index is 0.403. The molecule has 1 aliphatic rings. The molecule has 1 heterocycles. The second kappa shape index (κ2) is 5.97. The van der Waals surface area contributed by atoms with Crippen molar-refractivity contribution in [3.8, 4) is 0 Å². The van der Waals surface area contributed by atoms with Gasteiger partial charge in [0, 0.05) is 11.7 Å². The van der Waals surface area contributed by atoms with Gasteiger partial charge in [0.05, 0.1) is 11.0 Å². The highest BCUT2D eigenvalue weighted by Crippen LogP contribution is 2.20. The summed E-state index contributed by atoms with van der Waals surface area (Å²) in [7, 11) is 0. The molecular formula is C14H17ClN4S. The molecule has 20 heavy (non-hydrogen) atoms. The van der Waals surface area contributed by atoms with Gasteiger partial charge >= 0.3 is 0 Å². The Hall–Kier alpha value is -1.33. The highest BCUT2D eigenvalue weighted by Gasteiger charge is 2.14. The summed E-state index contributed by atoms with van der Waals surface area (Å²) in [6, 6.07) is 6.34. The van der Waals surface area contributed by atoms with Crippen LogP contribution in [0.4, 0.5) is 5.69 Å². The number of aromatic amines is 1. The molecule has 0 aliphatic heterocycles. The fraction of sp³-hybridized carbons (Fsp3) is 0.429. The Morgan fingerprint density at radius 1 is 1.30 bits per heavy atom. The monoisotopic (exact) mass is 308 g/mol. The number of thiocarbonyl (C=S) groups is 1. The molecule has 4 nitrogen and oxygen atoms in total. The Labute approximate surface area is 128 Å². The number of imidazole rings is 1. The Bertz CT molecular complexity index is 619. The van der Waals surface area contributed by atoms with Crippen LogP contribution in [0, 0.1) is 0 Å². The van der Waals surface area contributed by atoms with Gasteiger partial charge in [-0.2, -0.15) is 0 Å². The summed E-state index contributed by atoms with van der Waals surface area (Å²) in [6.45, 7) is 0. The van der Waals surface area contributed by atoms with E-state index in [0.29, 0.717) is 16.4 Å². The van der Waals surface area contributed by atoms with Crippen LogP contribution in [0.25, 0.3) is 11.0 Å². The average molecular weight is 309 g/mol. The number of halogens is 1. The normalized spacial score (nSPS) is 16.2. The molecule has 0 atom stereocenters. The van der Waals surface area contributed by atoms with E-state index in [4.69, 9.17) is 23.8 Å². The summed E-state index contributed by atoms with van der Waals surface area (Å²) in [5.41, 5.74) is 2.69. The van der Waals surface area contributed by atoms with Crippen LogP contribution in [0.3, 0.4) is 0 Å². The van der Waals surface area contributed by atoms with Crippen LogP contribution < -0.4 is 10.6 Å². The molecule has 1 saturated carbocycles. The van der Waals surface area contributed by atoms with Gasteiger partial charge in [-0.1, -0.05) is 19.3 Å². The van der Waals surface area contributed by atoms with Gasteiger partial charge in [0.1, 0.15) is 0 Å². The number of hydrogen-bond acceptors (Lipinski definition) is 2. The van der Waals surface area contributed by atoms with Crippen LogP contribution in [-0.4, -0.2) is 21.1 Å². The lowest BCUT2D eigenvalue weighted by molar-refractivity contribution is 0.415. The van der Waals surface area contributed by atoms with Gasteiger partial charge in [-0.05, 0) is 54.9 Å². The molecule has 3 N–H and O–H groups in total. The van der Waals surface area contributed by atoms with Crippen molar-refractivity contribution >= 4 is 45.7 Å². The smallest absolute Gasteiger partial charge is 0.201 e. The third-order valence-electron chi connectivity index (χ3n) is 3.65. The maximum absolute atomic E-state index is 5.84. The Balaban J connectivity index is 1.64. The zero-order valence-electron chi connectivity index (χ0n) is 11.1. The second-order valence-corrected chi connectivity index (χ2v) is 5.96. The number of rotatable bonds is 2. The van der Waals surface area contributed by atoms with E-state index in [-0.39, 0.29) is 0 Å². The van der Waals surface area contributed by atoms with Crippen molar-refractivity contribution < 1.29 is 0 Å². The highest BCUT2D eigenvalue weighted by atomic mass is 35.5. The molecule has 106 valence electrons. The fourth-order valence-electron chi connectivity index (χ4n) is 2.66. The zero-order chi connectivity index (χ0) is 13.9. The first-order valence-corrected chi connectivity index (χ1v) is 7.72. The van der Waals surface area contributed by atoms with E-state index < -0.39 is 0 Å². The van der Waals surface area contributed by atoms with Crippen LogP contribution >= 0.6 is 23.8 Å². The third kappa shape index (κ3) is 3.22.